The van der Waals surface area contributed by atoms with Crippen LogP contribution in [0.3, 0.4) is 0 Å². The highest BCUT2D eigenvalue weighted by molar-refractivity contribution is 5.93. The second-order valence-corrected chi connectivity index (χ2v) is 6.80. The van der Waals surface area contributed by atoms with Gasteiger partial charge in [-0.25, -0.2) is 4.39 Å². The van der Waals surface area contributed by atoms with Gasteiger partial charge < -0.3 is 9.15 Å². The van der Waals surface area contributed by atoms with Crippen LogP contribution in [-0.2, 0) is 4.79 Å². The summed E-state index contributed by atoms with van der Waals surface area (Å²) in [6.45, 7) is -0.303. The van der Waals surface area contributed by atoms with Crippen LogP contribution in [0.4, 0.5) is 4.39 Å². The minimum absolute atomic E-state index is 0.0705. The zero-order chi connectivity index (χ0) is 22.3. The van der Waals surface area contributed by atoms with Crippen molar-refractivity contribution in [1.82, 2.24) is 10.9 Å². The number of furan rings is 1. The molecule has 0 aliphatic heterocycles. The lowest BCUT2D eigenvalue weighted by Crippen LogP contribution is -2.43. The standard InChI is InChI=1S/C25H19FN2O4/c26-20-12-6-4-11-19(20)22-14-15-23(32-22)25(30)28-27-24(29)16-31-21-13-7-5-10-18(21)17-8-2-1-3-9-17/h1-15H,16H2,(H,27,29)(H,28,30). The first-order chi connectivity index (χ1) is 15.6. The van der Waals surface area contributed by atoms with Crippen LogP contribution < -0.4 is 15.6 Å². The lowest BCUT2D eigenvalue weighted by atomic mass is 10.1. The van der Waals surface area contributed by atoms with Crippen LogP contribution >= 0.6 is 0 Å². The van der Waals surface area contributed by atoms with Gasteiger partial charge in [0.15, 0.2) is 12.4 Å². The van der Waals surface area contributed by atoms with Crippen molar-refractivity contribution >= 4 is 11.8 Å². The summed E-state index contributed by atoms with van der Waals surface area (Å²) in [6, 6.07) is 26.0. The van der Waals surface area contributed by atoms with Gasteiger partial charge in [-0.05, 0) is 35.9 Å². The number of para-hydroxylation sites is 1. The van der Waals surface area contributed by atoms with Crippen LogP contribution in [0.5, 0.6) is 5.75 Å². The molecule has 0 aliphatic rings. The average Bonchev–Trinajstić information content (AvgIpc) is 3.32. The van der Waals surface area contributed by atoms with E-state index in [-0.39, 0.29) is 23.7 Å². The molecule has 4 rings (SSSR count). The maximum Gasteiger partial charge on any atom is 0.305 e. The van der Waals surface area contributed by atoms with Crippen molar-refractivity contribution in [3.05, 3.63) is 103 Å². The maximum atomic E-state index is 13.9. The van der Waals surface area contributed by atoms with Gasteiger partial charge in [-0.1, -0.05) is 60.7 Å². The van der Waals surface area contributed by atoms with Crippen LogP contribution in [0, 0.1) is 5.82 Å². The number of nitrogens with one attached hydrogen (secondary N) is 2. The van der Waals surface area contributed by atoms with Crippen LogP contribution in [0.25, 0.3) is 22.5 Å². The van der Waals surface area contributed by atoms with E-state index in [9.17, 15) is 14.0 Å². The van der Waals surface area contributed by atoms with Gasteiger partial charge in [0.1, 0.15) is 17.3 Å². The summed E-state index contributed by atoms with van der Waals surface area (Å²) in [4.78, 5) is 24.4. The number of ether oxygens (including phenoxy) is 1. The first-order valence-electron chi connectivity index (χ1n) is 9.83. The van der Waals surface area contributed by atoms with E-state index in [0.29, 0.717) is 5.75 Å². The number of carbonyl (C=O) groups is 2. The Hall–Kier alpha value is -4.39. The van der Waals surface area contributed by atoms with Crippen molar-refractivity contribution in [3.63, 3.8) is 0 Å². The van der Waals surface area contributed by atoms with Gasteiger partial charge in [-0.3, -0.25) is 20.4 Å². The molecular formula is C25H19FN2O4. The molecule has 6 nitrogen and oxygen atoms in total. The highest BCUT2D eigenvalue weighted by atomic mass is 19.1. The van der Waals surface area contributed by atoms with Crippen molar-refractivity contribution < 1.29 is 23.1 Å². The Morgan fingerprint density at radius 3 is 2.25 bits per heavy atom. The largest absolute Gasteiger partial charge is 0.483 e. The predicted octanol–water partition coefficient (Wildman–Crippen LogP) is 4.59. The van der Waals surface area contributed by atoms with E-state index in [0.717, 1.165) is 11.1 Å². The van der Waals surface area contributed by atoms with Crippen LogP contribution in [0.1, 0.15) is 10.6 Å². The van der Waals surface area contributed by atoms with Gasteiger partial charge in [0.05, 0.1) is 5.56 Å². The maximum absolute atomic E-state index is 13.9. The van der Waals surface area contributed by atoms with Crippen molar-refractivity contribution in [3.8, 4) is 28.2 Å². The summed E-state index contributed by atoms with van der Waals surface area (Å²) in [5, 5.41) is 0. The average molecular weight is 430 g/mol. The Labute approximate surface area is 183 Å². The van der Waals surface area contributed by atoms with Crippen molar-refractivity contribution in [1.29, 1.82) is 0 Å². The summed E-state index contributed by atoms with van der Waals surface area (Å²) in [6.07, 6.45) is 0. The molecule has 160 valence electrons. The Kier molecular flexibility index (Phi) is 6.27. The molecule has 32 heavy (non-hydrogen) atoms. The van der Waals surface area contributed by atoms with Gasteiger partial charge in [-0.2, -0.15) is 0 Å². The molecule has 0 saturated heterocycles. The number of hydrazine groups is 1. The van der Waals surface area contributed by atoms with Gasteiger partial charge in [0.25, 0.3) is 5.91 Å². The zero-order valence-corrected chi connectivity index (χ0v) is 16.9. The molecule has 0 spiro atoms. The molecule has 0 bridgehead atoms. The lowest BCUT2D eigenvalue weighted by molar-refractivity contribution is -0.123. The molecule has 0 fully saturated rings. The Morgan fingerprint density at radius 2 is 1.47 bits per heavy atom. The molecule has 2 N–H and O–H groups in total. The van der Waals surface area contributed by atoms with Gasteiger partial charge >= 0.3 is 5.91 Å². The highest BCUT2D eigenvalue weighted by Gasteiger charge is 2.15. The number of amides is 2. The number of hydrogen-bond donors (Lipinski definition) is 2. The second-order valence-electron chi connectivity index (χ2n) is 6.80. The molecular weight excluding hydrogens is 411 g/mol. The summed E-state index contributed by atoms with van der Waals surface area (Å²) < 4.78 is 24.9. The van der Waals surface area contributed by atoms with Gasteiger partial charge in [0.2, 0.25) is 0 Å². The third-order valence-electron chi connectivity index (χ3n) is 4.62. The third kappa shape index (κ3) is 4.84. The molecule has 0 radical (unpaired) electrons. The molecule has 0 unspecified atom stereocenters. The minimum Gasteiger partial charge on any atom is -0.483 e. The molecule has 0 aliphatic carbocycles. The van der Waals surface area contributed by atoms with Crippen molar-refractivity contribution in [2.45, 2.75) is 0 Å². The fourth-order valence-corrected chi connectivity index (χ4v) is 3.08. The number of benzene rings is 3. The third-order valence-corrected chi connectivity index (χ3v) is 4.62. The van der Waals surface area contributed by atoms with E-state index in [1.807, 2.05) is 48.5 Å². The second kappa shape index (κ2) is 9.61. The molecule has 0 saturated carbocycles. The Morgan fingerprint density at radius 1 is 0.781 bits per heavy atom. The van der Waals surface area contributed by atoms with Gasteiger partial charge in [0, 0.05) is 5.56 Å². The molecule has 3 aromatic carbocycles. The van der Waals surface area contributed by atoms with E-state index in [1.54, 1.807) is 24.3 Å². The highest BCUT2D eigenvalue weighted by Crippen LogP contribution is 2.29. The van der Waals surface area contributed by atoms with E-state index in [4.69, 9.17) is 9.15 Å². The SMILES string of the molecule is O=C(COc1ccccc1-c1ccccc1)NNC(=O)c1ccc(-c2ccccc2F)o1. The lowest BCUT2D eigenvalue weighted by Gasteiger charge is -2.12. The first kappa shape index (κ1) is 20.9. The Balaban J connectivity index is 1.33. The fraction of sp³-hybridized carbons (Fsp3) is 0.0400. The monoisotopic (exact) mass is 430 g/mol. The molecule has 1 aromatic heterocycles. The number of rotatable bonds is 6. The first-order valence-corrected chi connectivity index (χ1v) is 9.83. The molecule has 0 atom stereocenters. The van der Waals surface area contributed by atoms with Crippen LogP contribution in [0.2, 0.25) is 0 Å². The number of carbonyl (C=O) groups excluding carboxylic acids is 2. The van der Waals surface area contributed by atoms with E-state index >= 15 is 0 Å². The minimum atomic E-state index is -0.675. The van der Waals surface area contributed by atoms with Gasteiger partial charge in [-0.15, -0.1) is 0 Å². The number of hydrogen-bond acceptors (Lipinski definition) is 4. The smallest absolute Gasteiger partial charge is 0.305 e. The van der Waals surface area contributed by atoms with Crippen LogP contribution in [0.15, 0.2) is 95.4 Å². The van der Waals surface area contributed by atoms with Crippen LogP contribution in [-0.4, -0.2) is 18.4 Å². The van der Waals surface area contributed by atoms with E-state index in [2.05, 4.69) is 10.9 Å². The topological polar surface area (TPSA) is 80.6 Å². The molecule has 4 aromatic rings. The Bertz CT molecular complexity index is 1240. The summed E-state index contributed by atoms with van der Waals surface area (Å²) in [5.41, 5.74) is 6.57. The molecule has 2 amide bonds. The van der Waals surface area contributed by atoms with E-state index < -0.39 is 17.6 Å². The summed E-state index contributed by atoms with van der Waals surface area (Å²) >= 11 is 0. The zero-order valence-electron chi connectivity index (χ0n) is 16.9. The van der Waals surface area contributed by atoms with E-state index in [1.165, 1.54) is 18.2 Å². The molecule has 1 heterocycles. The fourth-order valence-electron chi connectivity index (χ4n) is 3.08. The van der Waals surface area contributed by atoms with Crippen molar-refractivity contribution in [2.24, 2.45) is 0 Å². The summed E-state index contributed by atoms with van der Waals surface area (Å²) in [5.74, 6) is -1.01. The molecule has 7 heteroatoms. The predicted molar refractivity (Wildman–Crippen MR) is 117 cm³/mol. The van der Waals surface area contributed by atoms with Crippen molar-refractivity contribution in [2.75, 3.05) is 6.61 Å². The normalized spacial score (nSPS) is 10.4. The summed E-state index contributed by atoms with van der Waals surface area (Å²) in [7, 11) is 0. The number of halogens is 1. The quantitative estimate of drug-likeness (QED) is 0.439.